The van der Waals surface area contributed by atoms with Crippen LogP contribution in [0.3, 0.4) is 0 Å². The molecule has 1 heterocycles. The van der Waals surface area contributed by atoms with Crippen molar-refractivity contribution in [3.8, 4) is 0 Å². The fourth-order valence-corrected chi connectivity index (χ4v) is 3.03. The van der Waals surface area contributed by atoms with Gasteiger partial charge in [-0.25, -0.2) is 0 Å². The minimum absolute atomic E-state index is 0.226. The third-order valence-corrected chi connectivity index (χ3v) is 4.52. The normalized spacial score (nSPS) is 16.0. The Kier molecular flexibility index (Phi) is 4.86. The number of aromatic nitrogens is 1. The fraction of sp³-hybridized carbons (Fsp3) is 0.421. The van der Waals surface area contributed by atoms with Crippen molar-refractivity contribution in [3.63, 3.8) is 0 Å². The lowest BCUT2D eigenvalue weighted by molar-refractivity contribution is 0.0932. The summed E-state index contributed by atoms with van der Waals surface area (Å²) < 4.78 is 0. The van der Waals surface area contributed by atoms with E-state index >= 15 is 0 Å². The van der Waals surface area contributed by atoms with Crippen molar-refractivity contribution in [2.24, 2.45) is 5.92 Å². The summed E-state index contributed by atoms with van der Waals surface area (Å²) in [6, 6.07) is 14.8. The molecule has 1 unspecified atom stereocenters. The average molecular weight is 296 g/mol. The molecule has 0 saturated heterocycles. The number of rotatable bonds is 7. The lowest BCUT2D eigenvalue weighted by Gasteiger charge is -2.31. The monoisotopic (exact) mass is 296 g/mol. The average Bonchev–Trinajstić information content (AvgIpc) is 3.36. The number of hydrogen-bond acceptors (Lipinski definition) is 3. The fourth-order valence-electron chi connectivity index (χ4n) is 3.03. The van der Waals surface area contributed by atoms with E-state index in [9.17, 15) is 5.11 Å². The second kappa shape index (κ2) is 7.03. The van der Waals surface area contributed by atoms with Gasteiger partial charge in [0.2, 0.25) is 0 Å². The number of aliphatic hydroxyl groups excluding tert-OH is 1. The molecule has 0 bridgehead atoms. The number of pyridine rings is 1. The molecule has 3 nitrogen and oxygen atoms in total. The lowest BCUT2D eigenvalue weighted by Crippen LogP contribution is -2.39. The van der Waals surface area contributed by atoms with E-state index in [-0.39, 0.29) is 12.6 Å². The second-order valence-corrected chi connectivity index (χ2v) is 6.24. The van der Waals surface area contributed by atoms with Crippen LogP contribution < -0.4 is 0 Å². The molecule has 1 aromatic heterocycles. The minimum atomic E-state index is 0.226. The van der Waals surface area contributed by atoms with Crippen LogP contribution in [0.5, 0.6) is 0 Å². The highest BCUT2D eigenvalue weighted by Crippen LogP contribution is 2.36. The molecule has 1 aliphatic carbocycles. The van der Waals surface area contributed by atoms with Crippen LogP contribution in [0.15, 0.2) is 48.7 Å². The zero-order valence-electron chi connectivity index (χ0n) is 13.2. The Balaban J connectivity index is 1.80. The van der Waals surface area contributed by atoms with E-state index in [1.54, 1.807) is 0 Å². The van der Waals surface area contributed by atoms with Gasteiger partial charge in [-0.05, 0) is 42.9 Å². The standard InChI is InChI=1S/C19H24N2O/c1-15-6-5-11-20-18(15)13-21(19(14-22)17-9-10-17)12-16-7-3-2-4-8-16/h2-8,11,17,19,22H,9-10,12-14H2,1H3. The van der Waals surface area contributed by atoms with Crippen LogP contribution in [0.1, 0.15) is 29.7 Å². The largest absolute Gasteiger partial charge is 0.395 e. The Morgan fingerprint density at radius 1 is 1.14 bits per heavy atom. The number of aryl methyl sites for hydroxylation is 1. The SMILES string of the molecule is Cc1cccnc1CN(Cc1ccccc1)C(CO)C1CC1. The number of aliphatic hydroxyl groups is 1. The molecule has 1 saturated carbocycles. The third kappa shape index (κ3) is 3.73. The predicted molar refractivity (Wildman–Crippen MR) is 88.3 cm³/mol. The molecule has 0 aliphatic heterocycles. The summed E-state index contributed by atoms with van der Waals surface area (Å²) >= 11 is 0. The molecule has 1 aliphatic rings. The molecule has 0 radical (unpaired) electrons. The number of benzene rings is 1. The van der Waals surface area contributed by atoms with E-state index in [4.69, 9.17) is 0 Å². The first-order valence-electron chi connectivity index (χ1n) is 8.07. The topological polar surface area (TPSA) is 36.4 Å². The van der Waals surface area contributed by atoms with Crippen molar-refractivity contribution in [3.05, 3.63) is 65.5 Å². The van der Waals surface area contributed by atoms with Crippen molar-refractivity contribution >= 4 is 0 Å². The molecule has 1 fully saturated rings. The molecular formula is C19H24N2O. The molecule has 1 N–H and O–H groups in total. The Hall–Kier alpha value is -1.71. The van der Waals surface area contributed by atoms with Gasteiger partial charge in [-0.2, -0.15) is 0 Å². The van der Waals surface area contributed by atoms with Gasteiger partial charge >= 0.3 is 0 Å². The maximum absolute atomic E-state index is 9.87. The van der Waals surface area contributed by atoms with Gasteiger partial charge < -0.3 is 5.11 Å². The van der Waals surface area contributed by atoms with Crippen molar-refractivity contribution in [1.29, 1.82) is 0 Å². The number of hydrogen-bond donors (Lipinski definition) is 1. The van der Waals surface area contributed by atoms with Gasteiger partial charge in [0, 0.05) is 25.3 Å². The van der Waals surface area contributed by atoms with Gasteiger partial charge in [0.05, 0.1) is 12.3 Å². The summed E-state index contributed by atoms with van der Waals surface area (Å²) in [5, 5.41) is 9.87. The molecule has 22 heavy (non-hydrogen) atoms. The molecule has 0 spiro atoms. The van der Waals surface area contributed by atoms with Crippen LogP contribution in [-0.2, 0) is 13.1 Å². The van der Waals surface area contributed by atoms with E-state index in [2.05, 4.69) is 47.1 Å². The molecule has 3 heteroatoms. The highest BCUT2D eigenvalue weighted by molar-refractivity contribution is 5.19. The molecule has 1 aromatic carbocycles. The Labute approximate surface area is 132 Å². The third-order valence-electron chi connectivity index (χ3n) is 4.52. The van der Waals surface area contributed by atoms with E-state index in [0.717, 1.165) is 18.8 Å². The zero-order valence-corrected chi connectivity index (χ0v) is 13.2. The highest BCUT2D eigenvalue weighted by atomic mass is 16.3. The summed E-state index contributed by atoms with van der Waals surface area (Å²) in [6.07, 6.45) is 4.32. The molecule has 116 valence electrons. The van der Waals surface area contributed by atoms with Crippen molar-refractivity contribution < 1.29 is 5.11 Å². The van der Waals surface area contributed by atoms with Crippen LogP contribution in [0, 0.1) is 12.8 Å². The van der Waals surface area contributed by atoms with Crippen LogP contribution in [-0.4, -0.2) is 27.6 Å². The van der Waals surface area contributed by atoms with Crippen molar-refractivity contribution in [2.75, 3.05) is 6.61 Å². The number of nitrogens with zero attached hydrogens (tertiary/aromatic N) is 2. The van der Waals surface area contributed by atoms with Gasteiger partial charge in [0.25, 0.3) is 0 Å². The van der Waals surface area contributed by atoms with Crippen LogP contribution in [0.4, 0.5) is 0 Å². The van der Waals surface area contributed by atoms with E-state index in [1.807, 2.05) is 18.3 Å². The van der Waals surface area contributed by atoms with Crippen LogP contribution in [0.25, 0.3) is 0 Å². The summed E-state index contributed by atoms with van der Waals surface area (Å²) in [5.41, 5.74) is 3.61. The summed E-state index contributed by atoms with van der Waals surface area (Å²) in [7, 11) is 0. The summed E-state index contributed by atoms with van der Waals surface area (Å²) in [5.74, 6) is 0.637. The molecular weight excluding hydrogens is 272 g/mol. The van der Waals surface area contributed by atoms with Gasteiger partial charge in [0.15, 0.2) is 0 Å². The lowest BCUT2D eigenvalue weighted by atomic mass is 10.1. The Morgan fingerprint density at radius 2 is 1.91 bits per heavy atom. The van der Waals surface area contributed by atoms with E-state index in [0.29, 0.717) is 5.92 Å². The quantitative estimate of drug-likeness (QED) is 0.852. The van der Waals surface area contributed by atoms with Crippen molar-refractivity contribution in [2.45, 2.75) is 38.9 Å². The first-order valence-corrected chi connectivity index (χ1v) is 8.07. The molecule has 2 aromatic rings. The summed E-state index contributed by atoms with van der Waals surface area (Å²) in [4.78, 5) is 6.92. The molecule has 0 amide bonds. The smallest absolute Gasteiger partial charge is 0.0589 e. The first kappa shape index (κ1) is 15.2. The zero-order chi connectivity index (χ0) is 15.4. The Morgan fingerprint density at radius 3 is 2.55 bits per heavy atom. The van der Waals surface area contributed by atoms with E-state index in [1.165, 1.54) is 24.0 Å². The van der Waals surface area contributed by atoms with Gasteiger partial charge in [-0.1, -0.05) is 36.4 Å². The van der Waals surface area contributed by atoms with Gasteiger partial charge in [0.1, 0.15) is 0 Å². The molecule has 3 rings (SSSR count). The van der Waals surface area contributed by atoms with Gasteiger partial charge in [-0.15, -0.1) is 0 Å². The van der Waals surface area contributed by atoms with Crippen LogP contribution >= 0.6 is 0 Å². The minimum Gasteiger partial charge on any atom is -0.395 e. The van der Waals surface area contributed by atoms with Crippen LogP contribution in [0.2, 0.25) is 0 Å². The molecule has 1 atom stereocenters. The first-order chi connectivity index (χ1) is 10.8. The van der Waals surface area contributed by atoms with E-state index < -0.39 is 0 Å². The Bertz CT molecular complexity index is 595. The van der Waals surface area contributed by atoms with Gasteiger partial charge in [-0.3, -0.25) is 9.88 Å². The predicted octanol–water partition coefficient (Wildman–Crippen LogP) is 3.16. The van der Waals surface area contributed by atoms with Crippen molar-refractivity contribution in [1.82, 2.24) is 9.88 Å². The highest BCUT2D eigenvalue weighted by Gasteiger charge is 2.35. The summed E-state index contributed by atoms with van der Waals surface area (Å²) in [6.45, 7) is 3.99. The second-order valence-electron chi connectivity index (χ2n) is 6.24. The maximum Gasteiger partial charge on any atom is 0.0589 e. The maximum atomic E-state index is 9.87.